The topological polar surface area (TPSA) is 36.3 Å². The minimum absolute atomic E-state index is 0.299. The van der Waals surface area contributed by atoms with Crippen LogP contribution in [-0.2, 0) is 15.9 Å². The lowest BCUT2D eigenvalue weighted by atomic mass is 9.78. The largest absolute Gasteiger partial charge is 0.497 e. The first-order chi connectivity index (χ1) is 10.2. The maximum absolute atomic E-state index is 14.9. The van der Waals surface area contributed by atoms with Gasteiger partial charge in [0.15, 0.2) is 0 Å². The number of rotatable bonds is 2. The molecule has 0 bridgehead atoms. The van der Waals surface area contributed by atoms with Gasteiger partial charge in [-0.2, -0.15) is 5.10 Å². The summed E-state index contributed by atoms with van der Waals surface area (Å²) in [6.07, 6.45) is 0. The summed E-state index contributed by atoms with van der Waals surface area (Å²) >= 11 is 6.23. The Morgan fingerprint density at radius 3 is 2.36 bits per heavy atom. The number of halogens is 2. The molecule has 1 aromatic carbocycles. The highest BCUT2D eigenvalue weighted by Gasteiger charge is 2.52. The molecular formula is C15H19BClFN2O2. The second kappa shape index (κ2) is 4.95. The molecule has 0 amide bonds. The third kappa shape index (κ3) is 2.16. The summed E-state index contributed by atoms with van der Waals surface area (Å²) in [5.74, 6) is -0.430. The van der Waals surface area contributed by atoms with E-state index in [0.29, 0.717) is 28.1 Å². The summed E-state index contributed by atoms with van der Waals surface area (Å²) in [4.78, 5) is 0. The van der Waals surface area contributed by atoms with Crippen molar-refractivity contribution in [1.29, 1.82) is 0 Å². The molecule has 3 rings (SSSR count). The molecule has 0 spiro atoms. The molecule has 0 radical (unpaired) electrons. The first kappa shape index (κ1) is 15.8. The van der Waals surface area contributed by atoms with E-state index in [4.69, 9.17) is 20.9 Å². The van der Waals surface area contributed by atoms with Crippen LogP contribution in [-0.4, -0.2) is 28.1 Å². The SMILES string of the molecule is CCn1nc2ccc(B3OC(C)(C)C(C)(C)O3)c(F)c2c1Cl. The van der Waals surface area contributed by atoms with Crippen molar-refractivity contribution in [3.63, 3.8) is 0 Å². The van der Waals surface area contributed by atoms with Gasteiger partial charge in [-0.3, -0.25) is 4.68 Å². The average Bonchev–Trinajstić information content (AvgIpc) is 2.85. The van der Waals surface area contributed by atoms with Crippen molar-refractivity contribution in [1.82, 2.24) is 9.78 Å². The Labute approximate surface area is 134 Å². The monoisotopic (exact) mass is 324 g/mol. The summed E-state index contributed by atoms with van der Waals surface area (Å²) in [7, 11) is -0.754. The average molecular weight is 325 g/mol. The van der Waals surface area contributed by atoms with Gasteiger partial charge in [0, 0.05) is 12.0 Å². The quantitative estimate of drug-likeness (QED) is 0.796. The Morgan fingerprint density at radius 2 is 1.82 bits per heavy atom. The molecule has 2 aromatic rings. The molecule has 0 unspecified atom stereocenters. The second-order valence-electron chi connectivity index (χ2n) is 6.56. The minimum Gasteiger partial charge on any atom is -0.399 e. The molecule has 0 N–H and O–H groups in total. The zero-order valence-corrected chi connectivity index (χ0v) is 14.2. The van der Waals surface area contributed by atoms with Crippen LogP contribution >= 0.6 is 11.6 Å². The van der Waals surface area contributed by atoms with Crippen LogP contribution in [0, 0.1) is 5.82 Å². The highest BCUT2D eigenvalue weighted by molar-refractivity contribution is 6.62. The number of benzene rings is 1. The van der Waals surface area contributed by atoms with Crippen molar-refractivity contribution in [2.75, 3.05) is 0 Å². The lowest BCUT2D eigenvalue weighted by Gasteiger charge is -2.32. The van der Waals surface area contributed by atoms with Crippen LogP contribution in [0.4, 0.5) is 4.39 Å². The number of aryl methyl sites for hydroxylation is 1. The van der Waals surface area contributed by atoms with Crippen LogP contribution in [0.15, 0.2) is 12.1 Å². The molecule has 22 heavy (non-hydrogen) atoms. The van der Waals surface area contributed by atoms with Gasteiger partial charge in [-0.15, -0.1) is 0 Å². The molecule has 4 nitrogen and oxygen atoms in total. The number of nitrogens with zero attached hydrogens (tertiary/aromatic N) is 2. The van der Waals surface area contributed by atoms with Crippen molar-refractivity contribution in [3.8, 4) is 0 Å². The van der Waals surface area contributed by atoms with Gasteiger partial charge < -0.3 is 9.31 Å². The fourth-order valence-electron chi connectivity index (χ4n) is 2.53. The normalized spacial score (nSPS) is 20.0. The van der Waals surface area contributed by atoms with Crippen LogP contribution < -0.4 is 5.46 Å². The molecule has 118 valence electrons. The molecule has 1 aliphatic rings. The standard InChI is InChI=1S/C15H19BClFN2O2/c1-6-20-13(17)11-10(19-20)8-7-9(12(11)18)16-21-14(2,3)15(4,5)22-16/h7-8H,6H2,1-5H3. The molecular weight excluding hydrogens is 305 g/mol. The first-order valence-corrected chi connectivity index (χ1v) is 7.76. The van der Waals surface area contributed by atoms with Crippen LogP contribution in [0.1, 0.15) is 34.6 Å². The van der Waals surface area contributed by atoms with E-state index in [9.17, 15) is 4.39 Å². The van der Waals surface area contributed by atoms with Crippen molar-refractivity contribution in [3.05, 3.63) is 23.1 Å². The maximum Gasteiger partial charge on any atom is 0.497 e. The maximum atomic E-state index is 14.9. The highest BCUT2D eigenvalue weighted by atomic mass is 35.5. The predicted octanol–water partition coefficient (Wildman–Crippen LogP) is 3.15. The van der Waals surface area contributed by atoms with Crippen molar-refractivity contribution in [2.45, 2.75) is 52.4 Å². The molecule has 1 aliphatic heterocycles. The van der Waals surface area contributed by atoms with Gasteiger partial charge in [-0.25, -0.2) is 4.39 Å². The van der Waals surface area contributed by atoms with E-state index >= 15 is 0 Å². The zero-order valence-electron chi connectivity index (χ0n) is 13.4. The van der Waals surface area contributed by atoms with E-state index in [1.165, 1.54) is 0 Å². The fourth-order valence-corrected chi connectivity index (χ4v) is 2.86. The third-order valence-corrected chi connectivity index (χ3v) is 5.00. The Hall–Kier alpha value is -1.11. The van der Waals surface area contributed by atoms with Crippen molar-refractivity contribution in [2.24, 2.45) is 0 Å². The van der Waals surface area contributed by atoms with Gasteiger partial charge in [-0.05, 0) is 40.7 Å². The van der Waals surface area contributed by atoms with Crippen molar-refractivity contribution < 1.29 is 13.7 Å². The third-order valence-electron chi connectivity index (χ3n) is 4.62. The van der Waals surface area contributed by atoms with E-state index < -0.39 is 24.1 Å². The van der Waals surface area contributed by atoms with Gasteiger partial charge in [0.25, 0.3) is 0 Å². The summed E-state index contributed by atoms with van der Waals surface area (Å²) in [5.41, 5.74) is -0.152. The van der Waals surface area contributed by atoms with Gasteiger partial charge in [0.05, 0.1) is 22.1 Å². The molecule has 2 heterocycles. The predicted molar refractivity (Wildman–Crippen MR) is 86.1 cm³/mol. The van der Waals surface area contributed by atoms with Crippen LogP contribution in [0.25, 0.3) is 10.9 Å². The molecule has 7 heteroatoms. The minimum atomic E-state index is -0.754. The molecule has 0 aliphatic carbocycles. The lowest BCUT2D eigenvalue weighted by molar-refractivity contribution is 0.00578. The summed E-state index contributed by atoms with van der Waals surface area (Å²) in [5, 5.41) is 4.89. The van der Waals surface area contributed by atoms with Crippen molar-refractivity contribution >= 4 is 35.1 Å². The van der Waals surface area contributed by atoms with E-state index in [1.807, 2.05) is 34.6 Å². The lowest BCUT2D eigenvalue weighted by Crippen LogP contribution is -2.41. The van der Waals surface area contributed by atoms with E-state index in [2.05, 4.69) is 5.10 Å². The zero-order chi connectivity index (χ0) is 16.3. The number of aromatic nitrogens is 2. The molecule has 1 fully saturated rings. The summed E-state index contributed by atoms with van der Waals surface area (Å²) in [6.45, 7) is 10.2. The second-order valence-corrected chi connectivity index (χ2v) is 6.92. The Kier molecular flexibility index (Phi) is 3.55. The van der Waals surface area contributed by atoms with Crippen LogP contribution in [0.2, 0.25) is 5.15 Å². The van der Waals surface area contributed by atoms with Gasteiger partial charge in [0.2, 0.25) is 0 Å². The number of hydrogen-bond donors (Lipinski definition) is 0. The van der Waals surface area contributed by atoms with Crippen LogP contribution in [0.3, 0.4) is 0 Å². The Bertz CT molecular complexity index is 729. The Morgan fingerprint density at radius 1 is 1.23 bits per heavy atom. The molecule has 0 atom stereocenters. The summed E-state index contributed by atoms with van der Waals surface area (Å²) < 4.78 is 28.4. The molecule has 1 saturated heterocycles. The van der Waals surface area contributed by atoms with Gasteiger partial charge in [0.1, 0.15) is 11.0 Å². The number of hydrogen-bond acceptors (Lipinski definition) is 3. The van der Waals surface area contributed by atoms with Gasteiger partial charge in [-0.1, -0.05) is 17.7 Å². The highest BCUT2D eigenvalue weighted by Crippen LogP contribution is 2.37. The van der Waals surface area contributed by atoms with E-state index in [-0.39, 0.29) is 0 Å². The molecule has 1 aromatic heterocycles. The summed E-state index contributed by atoms with van der Waals surface area (Å²) in [6, 6.07) is 3.40. The first-order valence-electron chi connectivity index (χ1n) is 7.38. The van der Waals surface area contributed by atoms with E-state index in [1.54, 1.807) is 16.8 Å². The van der Waals surface area contributed by atoms with Gasteiger partial charge >= 0.3 is 7.12 Å². The smallest absolute Gasteiger partial charge is 0.399 e. The number of fused-ring (bicyclic) bond motifs is 1. The van der Waals surface area contributed by atoms with E-state index in [0.717, 1.165) is 0 Å². The Balaban J connectivity index is 2.10. The fraction of sp³-hybridized carbons (Fsp3) is 0.533. The van der Waals surface area contributed by atoms with Crippen LogP contribution in [0.5, 0.6) is 0 Å². The molecule has 0 saturated carbocycles.